The standard InChI is InChI=1S/C5H8O4/c1-3-9-5(7)4(6)8-2/h3H2,1-2H3/p+1. The Morgan fingerprint density at radius 2 is 2.00 bits per heavy atom. The molecule has 0 saturated heterocycles. The summed E-state index contributed by atoms with van der Waals surface area (Å²) in [6.07, 6.45) is 0. The van der Waals surface area contributed by atoms with Crippen molar-refractivity contribution >= 4 is 11.9 Å². The smallest absolute Gasteiger partial charge is 0.461 e. The number of esters is 2. The highest BCUT2D eigenvalue weighted by Crippen LogP contribution is 1.79. The van der Waals surface area contributed by atoms with Crippen LogP contribution in [0.3, 0.4) is 0 Å². The van der Waals surface area contributed by atoms with Gasteiger partial charge in [0.15, 0.2) is 0 Å². The van der Waals surface area contributed by atoms with Gasteiger partial charge in [0.25, 0.3) is 0 Å². The Labute approximate surface area is 54.2 Å². The molecule has 0 radical (unpaired) electrons. The first-order valence-electron chi connectivity index (χ1n) is 2.47. The molecule has 9 heavy (non-hydrogen) atoms. The first-order chi connectivity index (χ1) is 4.22. The Morgan fingerprint density at radius 3 is 2.33 bits per heavy atom. The second kappa shape index (κ2) is 3.88. The molecule has 0 aliphatic carbocycles. The van der Waals surface area contributed by atoms with Crippen LogP contribution in [0.4, 0.5) is 0 Å². The zero-order valence-electron chi connectivity index (χ0n) is 6.34. The maximum Gasteiger partial charge on any atom is 1.00 e. The molecule has 0 N–H and O–H groups in total. The second-order valence-corrected chi connectivity index (χ2v) is 1.21. The molecule has 0 amide bonds. The van der Waals surface area contributed by atoms with Crippen LogP contribution < -0.4 is 0 Å². The lowest BCUT2D eigenvalue weighted by atomic mass is 10.7. The molecule has 0 fully saturated rings. The zero-order valence-corrected chi connectivity index (χ0v) is 5.34. The van der Waals surface area contributed by atoms with E-state index < -0.39 is 11.9 Å². The summed E-state index contributed by atoms with van der Waals surface area (Å²) in [6.45, 7) is 1.80. The Bertz CT molecular complexity index is 123. The van der Waals surface area contributed by atoms with Crippen LogP contribution in [0.1, 0.15) is 8.35 Å². The molecular formula is C5H9O4+. The van der Waals surface area contributed by atoms with Gasteiger partial charge in [-0.05, 0) is 6.92 Å². The second-order valence-electron chi connectivity index (χ2n) is 1.21. The van der Waals surface area contributed by atoms with E-state index in [1.165, 1.54) is 0 Å². The van der Waals surface area contributed by atoms with Crippen molar-refractivity contribution < 1.29 is 20.5 Å². The topological polar surface area (TPSA) is 52.6 Å². The maximum absolute atomic E-state index is 10.3. The third-order valence-electron chi connectivity index (χ3n) is 0.627. The number of methoxy groups -OCH3 is 1. The fourth-order valence-corrected chi connectivity index (χ4v) is 0.273. The predicted octanol–water partition coefficient (Wildman–Crippen LogP) is -0.165. The van der Waals surface area contributed by atoms with Gasteiger partial charge in [-0.3, -0.25) is 0 Å². The fourth-order valence-electron chi connectivity index (χ4n) is 0.273. The van der Waals surface area contributed by atoms with E-state index in [0.29, 0.717) is 0 Å². The number of hydrogen-bond donors (Lipinski definition) is 0. The number of ether oxygens (including phenoxy) is 2. The molecule has 4 heteroatoms. The van der Waals surface area contributed by atoms with Crippen molar-refractivity contribution in [2.45, 2.75) is 6.92 Å². The Morgan fingerprint density at radius 1 is 1.44 bits per heavy atom. The van der Waals surface area contributed by atoms with Crippen LogP contribution in [0.2, 0.25) is 0 Å². The minimum absolute atomic E-state index is 0. The summed E-state index contributed by atoms with van der Waals surface area (Å²) in [5, 5.41) is 0. The molecule has 0 rings (SSSR count). The number of hydrogen-bond acceptors (Lipinski definition) is 4. The minimum Gasteiger partial charge on any atom is -0.461 e. The van der Waals surface area contributed by atoms with Crippen LogP contribution in [0.5, 0.6) is 0 Å². The monoisotopic (exact) mass is 133 g/mol. The number of carbonyl (C=O) groups excluding carboxylic acids is 2. The van der Waals surface area contributed by atoms with E-state index >= 15 is 0 Å². The van der Waals surface area contributed by atoms with E-state index in [2.05, 4.69) is 9.47 Å². The number of carbonyl (C=O) groups is 2. The highest BCUT2D eigenvalue weighted by atomic mass is 16.6. The van der Waals surface area contributed by atoms with Crippen LogP contribution in [0.25, 0.3) is 0 Å². The van der Waals surface area contributed by atoms with E-state index in [1.807, 2.05) is 0 Å². The van der Waals surface area contributed by atoms with Gasteiger partial charge in [0.1, 0.15) is 0 Å². The van der Waals surface area contributed by atoms with Crippen LogP contribution in [0, 0.1) is 0 Å². The highest BCUT2D eigenvalue weighted by Gasteiger charge is 2.13. The zero-order chi connectivity index (χ0) is 7.28. The summed E-state index contributed by atoms with van der Waals surface area (Å²) in [6, 6.07) is 0. The largest absolute Gasteiger partial charge is 1.00 e. The van der Waals surface area contributed by atoms with E-state index in [1.54, 1.807) is 6.92 Å². The third kappa shape index (κ3) is 2.69. The molecule has 52 valence electrons. The first kappa shape index (κ1) is 7.94. The van der Waals surface area contributed by atoms with E-state index in [9.17, 15) is 9.59 Å². The van der Waals surface area contributed by atoms with Gasteiger partial charge in [0.2, 0.25) is 0 Å². The van der Waals surface area contributed by atoms with Gasteiger partial charge < -0.3 is 9.47 Å². The summed E-state index contributed by atoms with van der Waals surface area (Å²) in [7, 11) is 1.12. The van der Waals surface area contributed by atoms with Gasteiger partial charge in [-0.15, -0.1) is 0 Å². The molecule has 0 spiro atoms. The Kier molecular flexibility index (Phi) is 3.43. The Hall–Kier alpha value is -1.06. The average molecular weight is 133 g/mol. The van der Waals surface area contributed by atoms with Crippen molar-refractivity contribution in [3.63, 3.8) is 0 Å². The van der Waals surface area contributed by atoms with Gasteiger partial charge in [-0.1, -0.05) is 0 Å². The Balaban J connectivity index is 0. The van der Waals surface area contributed by atoms with Gasteiger partial charge in [0.05, 0.1) is 13.7 Å². The lowest BCUT2D eigenvalue weighted by molar-refractivity contribution is -0.165. The average Bonchev–Trinajstić information content (AvgIpc) is 1.87. The van der Waals surface area contributed by atoms with E-state index in [4.69, 9.17) is 0 Å². The van der Waals surface area contributed by atoms with Gasteiger partial charge in [-0.25, -0.2) is 9.59 Å². The fraction of sp³-hybridized carbons (Fsp3) is 0.600. The van der Waals surface area contributed by atoms with Crippen LogP contribution in [0.15, 0.2) is 0 Å². The molecule has 0 saturated carbocycles. The molecule has 0 aliphatic rings. The molecule has 0 aliphatic heterocycles. The molecule has 0 atom stereocenters. The molecule has 0 aromatic rings. The van der Waals surface area contributed by atoms with Crippen molar-refractivity contribution in [3.05, 3.63) is 0 Å². The van der Waals surface area contributed by atoms with Crippen LogP contribution in [-0.2, 0) is 19.1 Å². The summed E-state index contributed by atoms with van der Waals surface area (Å²) < 4.78 is 8.33. The van der Waals surface area contributed by atoms with Crippen molar-refractivity contribution in [3.8, 4) is 0 Å². The normalized spacial score (nSPS) is 8.22. The van der Waals surface area contributed by atoms with Gasteiger partial charge in [-0.2, -0.15) is 0 Å². The molecular weight excluding hydrogens is 124 g/mol. The number of rotatable bonds is 1. The summed E-state index contributed by atoms with van der Waals surface area (Å²) in [4.78, 5) is 20.5. The third-order valence-corrected chi connectivity index (χ3v) is 0.627. The van der Waals surface area contributed by atoms with E-state index in [-0.39, 0.29) is 8.03 Å². The highest BCUT2D eigenvalue weighted by molar-refractivity contribution is 6.29. The van der Waals surface area contributed by atoms with Crippen molar-refractivity contribution in [2.75, 3.05) is 13.7 Å². The molecule has 4 nitrogen and oxygen atoms in total. The quantitative estimate of drug-likeness (QED) is 0.368. The lowest BCUT2D eigenvalue weighted by Gasteiger charge is -1.96. The van der Waals surface area contributed by atoms with Crippen molar-refractivity contribution in [1.29, 1.82) is 0 Å². The summed E-state index contributed by atoms with van der Waals surface area (Å²) in [5.41, 5.74) is 0. The molecule has 0 heterocycles. The van der Waals surface area contributed by atoms with Crippen molar-refractivity contribution in [1.82, 2.24) is 0 Å². The molecule has 0 bridgehead atoms. The molecule has 0 aromatic carbocycles. The van der Waals surface area contributed by atoms with Crippen LogP contribution in [-0.4, -0.2) is 25.7 Å². The van der Waals surface area contributed by atoms with Gasteiger partial charge in [0, 0.05) is 0 Å². The summed E-state index contributed by atoms with van der Waals surface area (Å²) in [5.74, 6) is -1.91. The lowest BCUT2D eigenvalue weighted by Crippen LogP contribution is -2.18. The van der Waals surface area contributed by atoms with E-state index in [0.717, 1.165) is 7.11 Å². The molecule has 0 unspecified atom stereocenters. The molecule has 0 aromatic heterocycles. The minimum atomic E-state index is -0.961. The first-order valence-corrected chi connectivity index (χ1v) is 2.47. The predicted molar refractivity (Wildman–Crippen MR) is 29.8 cm³/mol. The summed E-state index contributed by atoms with van der Waals surface area (Å²) >= 11 is 0. The SMILES string of the molecule is CCOC(=O)C(=O)OC.[H+]. The maximum atomic E-state index is 10.3. The van der Waals surface area contributed by atoms with Crippen molar-refractivity contribution in [2.24, 2.45) is 0 Å². The van der Waals surface area contributed by atoms with Crippen LogP contribution >= 0.6 is 0 Å². The van der Waals surface area contributed by atoms with Gasteiger partial charge >= 0.3 is 13.4 Å².